The summed E-state index contributed by atoms with van der Waals surface area (Å²) in [4.78, 5) is 2.72. The quantitative estimate of drug-likeness (QED) is 0.823. The molecule has 0 spiro atoms. The summed E-state index contributed by atoms with van der Waals surface area (Å²) < 4.78 is 0. The Bertz CT molecular complexity index is 229. The first kappa shape index (κ1) is 13.1. The number of hydrogen-bond donors (Lipinski definition) is 1. The standard InChI is InChI=1S/C12H24N2S2/c1-10-11(2)16-7-5-14(10)12(8-13)4-3-6-15-9-12/h10-11H,3-9,13H2,1-2H3. The molecule has 0 aromatic carbocycles. The molecule has 2 N–H and O–H groups in total. The monoisotopic (exact) mass is 260 g/mol. The van der Waals surface area contributed by atoms with Gasteiger partial charge in [0, 0.05) is 41.4 Å². The van der Waals surface area contributed by atoms with Gasteiger partial charge in [-0.1, -0.05) is 6.92 Å². The van der Waals surface area contributed by atoms with Crippen molar-refractivity contribution in [2.45, 2.75) is 43.5 Å². The highest BCUT2D eigenvalue weighted by Gasteiger charge is 2.42. The lowest BCUT2D eigenvalue weighted by Crippen LogP contribution is -2.63. The highest BCUT2D eigenvalue weighted by Crippen LogP contribution is 2.37. The van der Waals surface area contributed by atoms with Crippen molar-refractivity contribution in [3.05, 3.63) is 0 Å². The maximum atomic E-state index is 6.11. The van der Waals surface area contributed by atoms with Crippen LogP contribution < -0.4 is 5.73 Å². The van der Waals surface area contributed by atoms with Crippen LogP contribution in [0.1, 0.15) is 26.7 Å². The van der Waals surface area contributed by atoms with Gasteiger partial charge in [0.1, 0.15) is 0 Å². The first-order chi connectivity index (χ1) is 7.69. The summed E-state index contributed by atoms with van der Waals surface area (Å²) in [6, 6.07) is 0.681. The maximum Gasteiger partial charge on any atom is 0.0425 e. The molecule has 2 aliphatic rings. The molecule has 3 unspecified atom stereocenters. The van der Waals surface area contributed by atoms with E-state index in [1.165, 1.54) is 36.6 Å². The third kappa shape index (κ3) is 2.40. The SMILES string of the molecule is CC1SCCN(C2(CN)CCCSC2)C1C. The Balaban J connectivity index is 2.12. The van der Waals surface area contributed by atoms with E-state index in [-0.39, 0.29) is 0 Å². The molecule has 2 fully saturated rings. The van der Waals surface area contributed by atoms with Crippen LogP contribution in [0.4, 0.5) is 0 Å². The van der Waals surface area contributed by atoms with E-state index in [2.05, 4.69) is 42.3 Å². The van der Waals surface area contributed by atoms with E-state index in [0.29, 0.717) is 11.6 Å². The van der Waals surface area contributed by atoms with Gasteiger partial charge in [-0.25, -0.2) is 0 Å². The smallest absolute Gasteiger partial charge is 0.0425 e. The Labute approximate surface area is 108 Å². The van der Waals surface area contributed by atoms with Crippen molar-refractivity contribution in [2.75, 3.05) is 30.3 Å². The molecular weight excluding hydrogens is 236 g/mol. The molecular formula is C12H24N2S2. The summed E-state index contributed by atoms with van der Waals surface area (Å²) in [5.74, 6) is 3.84. The molecule has 0 amide bonds. The van der Waals surface area contributed by atoms with Gasteiger partial charge in [-0.3, -0.25) is 4.90 Å². The lowest BCUT2D eigenvalue weighted by Gasteiger charge is -2.52. The highest BCUT2D eigenvalue weighted by molar-refractivity contribution is 8.00. The second-order valence-corrected chi connectivity index (χ2v) is 7.68. The van der Waals surface area contributed by atoms with E-state index < -0.39 is 0 Å². The molecule has 0 aromatic rings. The van der Waals surface area contributed by atoms with Crippen molar-refractivity contribution in [2.24, 2.45) is 5.73 Å². The van der Waals surface area contributed by atoms with Gasteiger partial charge < -0.3 is 5.73 Å². The molecule has 4 heteroatoms. The van der Waals surface area contributed by atoms with Crippen molar-refractivity contribution < 1.29 is 0 Å². The summed E-state index contributed by atoms with van der Waals surface area (Å²) >= 11 is 4.21. The van der Waals surface area contributed by atoms with Gasteiger partial charge in [0.2, 0.25) is 0 Å². The van der Waals surface area contributed by atoms with Gasteiger partial charge in [-0.05, 0) is 25.5 Å². The van der Waals surface area contributed by atoms with Crippen molar-refractivity contribution in [3.63, 3.8) is 0 Å². The van der Waals surface area contributed by atoms with Crippen molar-refractivity contribution in [1.82, 2.24) is 4.90 Å². The average Bonchev–Trinajstić information content (AvgIpc) is 2.33. The van der Waals surface area contributed by atoms with Crippen LogP contribution in [-0.4, -0.2) is 52.1 Å². The van der Waals surface area contributed by atoms with Gasteiger partial charge in [-0.2, -0.15) is 23.5 Å². The molecule has 2 aliphatic heterocycles. The van der Waals surface area contributed by atoms with Crippen LogP contribution in [0, 0.1) is 0 Å². The van der Waals surface area contributed by atoms with Crippen LogP contribution in [0.3, 0.4) is 0 Å². The molecule has 0 aliphatic carbocycles. The lowest BCUT2D eigenvalue weighted by molar-refractivity contribution is 0.0655. The lowest BCUT2D eigenvalue weighted by atomic mass is 9.91. The van der Waals surface area contributed by atoms with Gasteiger partial charge >= 0.3 is 0 Å². The first-order valence-electron chi connectivity index (χ1n) is 6.36. The zero-order valence-electron chi connectivity index (χ0n) is 10.4. The summed E-state index contributed by atoms with van der Waals surface area (Å²) in [5.41, 5.74) is 6.42. The number of nitrogens with zero attached hydrogens (tertiary/aromatic N) is 1. The van der Waals surface area contributed by atoms with Crippen molar-refractivity contribution >= 4 is 23.5 Å². The fourth-order valence-electron chi connectivity index (χ4n) is 2.94. The van der Waals surface area contributed by atoms with E-state index >= 15 is 0 Å². The largest absolute Gasteiger partial charge is 0.329 e. The molecule has 2 heterocycles. The summed E-state index contributed by atoms with van der Waals surface area (Å²) in [7, 11) is 0. The Morgan fingerprint density at radius 3 is 2.81 bits per heavy atom. The predicted octanol–water partition coefficient (Wildman–Crippen LogP) is 2.04. The highest BCUT2D eigenvalue weighted by atomic mass is 32.2. The molecule has 3 atom stereocenters. The summed E-state index contributed by atoms with van der Waals surface area (Å²) in [6.45, 7) is 6.81. The van der Waals surface area contributed by atoms with E-state index in [1.807, 2.05) is 0 Å². The Morgan fingerprint density at radius 1 is 1.38 bits per heavy atom. The molecule has 0 aromatic heterocycles. The third-order valence-electron chi connectivity index (χ3n) is 4.17. The van der Waals surface area contributed by atoms with Crippen LogP contribution in [-0.2, 0) is 0 Å². The maximum absolute atomic E-state index is 6.11. The molecule has 16 heavy (non-hydrogen) atoms. The Kier molecular flexibility index (Phi) is 4.50. The van der Waals surface area contributed by atoms with Crippen molar-refractivity contribution in [1.29, 1.82) is 0 Å². The zero-order chi connectivity index (χ0) is 11.6. The minimum atomic E-state index is 0.303. The molecule has 2 saturated heterocycles. The second kappa shape index (κ2) is 5.51. The average molecular weight is 260 g/mol. The summed E-state index contributed by atoms with van der Waals surface area (Å²) in [6.07, 6.45) is 2.64. The van der Waals surface area contributed by atoms with Crippen molar-refractivity contribution in [3.8, 4) is 0 Å². The third-order valence-corrected chi connectivity index (χ3v) is 6.83. The van der Waals surface area contributed by atoms with Crippen LogP contribution in [0.25, 0.3) is 0 Å². The second-order valence-electron chi connectivity index (χ2n) is 5.09. The fraction of sp³-hybridized carbons (Fsp3) is 1.00. The van der Waals surface area contributed by atoms with Gasteiger partial charge in [0.25, 0.3) is 0 Å². The molecule has 0 bridgehead atoms. The molecule has 2 nitrogen and oxygen atoms in total. The van der Waals surface area contributed by atoms with Gasteiger partial charge in [0.15, 0.2) is 0 Å². The van der Waals surface area contributed by atoms with E-state index in [9.17, 15) is 0 Å². The number of hydrogen-bond acceptors (Lipinski definition) is 4. The first-order valence-corrected chi connectivity index (χ1v) is 8.56. The normalized spacial score (nSPS) is 42.2. The molecule has 2 rings (SSSR count). The summed E-state index contributed by atoms with van der Waals surface area (Å²) in [5, 5.41) is 0.754. The molecule has 0 saturated carbocycles. The Hall–Kier alpha value is 0.620. The van der Waals surface area contributed by atoms with Crippen LogP contribution in [0.2, 0.25) is 0 Å². The van der Waals surface area contributed by atoms with E-state index in [1.54, 1.807) is 0 Å². The van der Waals surface area contributed by atoms with E-state index in [0.717, 1.165) is 11.8 Å². The van der Waals surface area contributed by atoms with Crippen LogP contribution in [0.15, 0.2) is 0 Å². The van der Waals surface area contributed by atoms with Crippen LogP contribution in [0.5, 0.6) is 0 Å². The number of rotatable bonds is 2. The number of nitrogens with two attached hydrogens (primary N) is 1. The molecule has 94 valence electrons. The van der Waals surface area contributed by atoms with Gasteiger partial charge in [0.05, 0.1) is 0 Å². The van der Waals surface area contributed by atoms with Gasteiger partial charge in [-0.15, -0.1) is 0 Å². The fourth-order valence-corrected chi connectivity index (χ4v) is 5.34. The minimum absolute atomic E-state index is 0.303. The topological polar surface area (TPSA) is 29.3 Å². The molecule has 0 radical (unpaired) electrons. The predicted molar refractivity (Wildman–Crippen MR) is 76.4 cm³/mol. The number of thioether (sulfide) groups is 2. The van der Waals surface area contributed by atoms with E-state index in [4.69, 9.17) is 5.73 Å². The zero-order valence-corrected chi connectivity index (χ0v) is 12.1. The van der Waals surface area contributed by atoms with Crippen LogP contribution >= 0.6 is 23.5 Å². The Morgan fingerprint density at radius 2 is 2.19 bits per heavy atom. The minimum Gasteiger partial charge on any atom is -0.329 e.